The Kier molecular flexibility index (Phi) is 3.43. The first-order valence-corrected chi connectivity index (χ1v) is 6.21. The van der Waals surface area contributed by atoms with Gasteiger partial charge in [-0.25, -0.2) is 8.42 Å². The van der Waals surface area contributed by atoms with Gasteiger partial charge in [-0.2, -0.15) is 15.2 Å². The molecule has 0 aliphatic heterocycles. The highest BCUT2D eigenvalue weighted by molar-refractivity contribution is 7.91. The quantitative estimate of drug-likeness (QED) is 0.847. The number of nitrogens with zero attached hydrogens (tertiary/aromatic N) is 2. The molecule has 0 bridgehead atoms. The number of thiophene rings is 1. The Morgan fingerprint density at radius 3 is 2.60 bits per heavy atom. The number of nitriles is 2. The number of nitrogens with one attached hydrogen (secondary N) is 1. The van der Waals surface area contributed by atoms with Crippen molar-refractivity contribution in [3.8, 4) is 12.1 Å². The van der Waals surface area contributed by atoms with E-state index in [0.717, 1.165) is 11.3 Å². The van der Waals surface area contributed by atoms with Crippen LogP contribution in [0.25, 0.3) is 0 Å². The van der Waals surface area contributed by atoms with Gasteiger partial charge in [-0.1, -0.05) is 0 Å². The monoisotopic (exact) mass is 241 g/mol. The molecule has 0 radical (unpaired) electrons. The first kappa shape index (κ1) is 11.7. The second-order valence-electron chi connectivity index (χ2n) is 2.70. The van der Waals surface area contributed by atoms with Crippen molar-refractivity contribution in [1.82, 2.24) is 4.72 Å². The maximum atomic E-state index is 11.6. The van der Waals surface area contributed by atoms with Crippen molar-refractivity contribution in [1.29, 1.82) is 10.5 Å². The van der Waals surface area contributed by atoms with Crippen molar-refractivity contribution in [2.75, 3.05) is 0 Å². The predicted octanol–water partition coefficient (Wildman–Crippen LogP) is 0.810. The molecule has 0 saturated heterocycles. The summed E-state index contributed by atoms with van der Waals surface area (Å²) < 4.78 is 25.4. The minimum Gasteiger partial charge on any atom is -0.206 e. The second-order valence-corrected chi connectivity index (χ2v) is 5.73. The zero-order valence-corrected chi connectivity index (χ0v) is 9.39. The van der Waals surface area contributed by atoms with Crippen LogP contribution >= 0.6 is 11.3 Å². The molecule has 1 rings (SSSR count). The van der Waals surface area contributed by atoms with Crippen LogP contribution in [0, 0.1) is 22.7 Å². The van der Waals surface area contributed by atoms with Gasteiger partial charge in [0.25, 0.3) is 10.0 Å². The third-order valence-electron chi connectivity index (χ3n) is 1.48. The number of hydrogen-bond donors (Lipinski definition) is 1. The van der Waals surface area contributed by atoms with Gasteiger partial charge < -0.3 is 0 Å². The Labute approximate surface area is 91.6 Å². The Hall–Kier alpha value is -1.41. The predicted molar refractivity (Wildman–Crippen MR) is 54.4 cm³/mol. The number of sulfonamides is 1. The van der Waals surface area contributed by atoms with E-state index in [2.05, 4.69) is 4.72 Å². The Morgan fingerprint density at radius 2 is 2.13 bits per heavy atom. The minimum absolute atomic E-state index is 0.0427. The van der Waals surface area contributed by atoms with E-state index in [-0.39, 0.29) is 4.21 Å². The van der Waals surface area contributed by atoms with Crippen molar-refractivity contribution in [2.45, 2.75) is 17.2 Å². The molecular formula is C8H7N3O2S2. The number of rotatable bonds is 3. The lowest BCUT2D eigenvalue weighted by molar-refractivity contribution is 0.579. The molecule has 1 N–H and O–H groups in total. The molecule has 78 valence electrons. The smallest absolute Gasteiger partial charge is 0.206 e. The third-order valence-corrected chi connectivity index (χ3v) is 4.50. The fourth-order valence-corrected chi connectivity index (χ4v) is 3.11. The molecule has 7 heteroatoms. The maximum absolute atomic E-state index is 11.6. The molecule has 0 amide bonds. The van der Waals surface area contributed by atoms with Crippen LogP contribution in [0.4, 0.5) is 0 Å². The summed E-state index contributed by atoms with van der Waals surface area (Å²) in [6.07, 6.45) is 0. The lowest BCUT2D eigenvalue weighted by atomic mass is 10.4. The van der Waals surface area contributed by atoms with Crippen molar-refractivity contribution in [3.63, 3.8) is 0 Å². The van der Waals surface area contributed by atoms with E-state index in [9.17, 15) is 8.42 Å². The van der Waals surface area contributed by atoms with Crippen molar-refractivity contribution in [2.24, 2.45) is 0 Å². The molecule has 1 unspecified atom stereocenters. The molecular weight excluding hydrogens is 234 g/mol. The van der Waals surface area contributed by atoms with Gasteiger partial charge in [-0.3, -0.25) is 0 Å². The fourth-order valence-electron chi connectivity index (χ4n) is 0.842. The third kappa shape index (κ3) is 2.77. The summed E-state index contributed by atoms with van der Waals surface area (Å²) in [7, 11) is -3.67. The molecule has 0 spiro atoms. The zero-order chi connectivity index (χ0) is 11.5. The van der Waals surface area contributed by atoms with Crippen LogP contribution in [0.2, 0.25) is 0 Å². The molecule has 0 aromatic carbocycles. The molecule has 1 heterocycles. The Balaban J connectivity index is 2.98. The van der Waals surface area contributed by atoms with E-state index in [1.165, 1.54) is 19.1 Å². The van der Waals surface area contributed by atoms with Crippen molar-refractivity contribution < 1.29 is 8.42 Å². The van der Waals surface area contributed by atoms with Crippen LogP contribution in [0.15, 0.2) is 16.3 Å². The molecule has 15 heavy (non-hydrogen) atoms. The van der Waals surface area contributed by atoms with Crippen LogP contribution in [-0.2, 0) is 10.0 Å². The summed E-state index contributed by atoms with van der Waals surface area (Å²) in [6.45, 7) is 1.44. The molecule has 0 saturated carbocycles. The van der Waals surface area contributed by atoms with E-state index >= 15 is 0 Å². The van der Waals surface area contributed by atoms with Gasteiger partial charge in [0.1, 0.15) is 21.2 Å². The lowest BCUT2D eigenvalue weighted by Crippen LogP contribution is -2.30. The average molecular weight is 241 g/mol. The molecule has 0 aliphatic rings. The number of hydrogen-bond acceptors (Lipinski definition) is 5. The fraction of sp³-hybridized carbons (Fsp3) is 0.250. The van der Waals surface area contributed by atoms with Gasteiger partial charge >= 0.3 is 0 Å². The highest BCUT2D eigenvalue weighted by atomic mass is 32.2. The molecule has 0 aliphatic carbocycles. The van der Waals surface area contributed by atoms with Gasteiger partial charge in [0, 0.05) is 0 Å². The average Bonchev–Trinajstić information content (AvgIpc) is 2.65. The van der Waals surface area contributed by atoms with E-state index < -0.39 is 16.1 Å². The summed E-state index contributed by atoms with van der Waals surface area (Å²) in [5, 5.41) is 17.0. The van der Waals surface area contributed by atoms with Gasteiger partial charge in [0.15, 0.2) is 0 Å². The Morgan fingerprint density at radius 1 is 1.47 bits per heavy atom. The summed E-state index contributed by atoms with van der Waals surface area (Å²) >= 11 is 0.871. The largest absolute Gasteiger partial charge is 0.251 e. The lowest BCUT2D eigenvalue weighted by Gasteiger charge is -2.04. The maximum Gasteiger partial charge on any atom is 0.251 e. The summed E-state index contributed by atoms with van der Waals surface area (Å²) in [5.41, 5.74) is 0. The summed E-state index contributed by atoms with van der Waals surface area (Å²) in [5.74, 6) is 0. The van der Waals surface area contributed by atoms with E-state index in [1.807, 2.05) is 6.07 Å². The van der Waals surface area contributed by atoms with Crippen LogP contribution in [-0.4, -0.2) is 14.5 Å². The summed E-state index contributed by atoms with van der Waals surface area (Å²) in [4.78, 5) is 0.319. The van der Waals surface area contributed by atoms with Crippen LogP contribution < -0.4 is 4.72 Å². The zero-order valence-electron chi connectivity index (χ0n) is 7.76. The van der Waals surface area contributed by atoms with E-state index in [1.54, 1.807) is 6.07 Å². The Bertz CT molecular complexity index is 533. The van der Waals surface area contributed by atoms with Gasteiger partial charge in [-0.05, 0) is 19.1 Å². The van der Waals surface area contributed by atoms with Crippen molar-refractivity contribution in [3.05, 3.63) is 17.0 Å². The molecule has 0 fully saturated rings. The minimum atomic E-state index is -3.67. The van der Waals surface area contributed by atoms with Gasteiger partial charge in [-0.15, -0.1) is 11.3 Å². The SMILES string of the molecule is CC(C#N)NS(=O)(=O)c1ccc(C#N)s1. The van der Waals surface area contributed by atoms with Gasteiger partial charge in [0.05, 0.1) is 6.07 Å². The van der Waals surface area contributed by atoms with Crippen LogP contribution in [0.1, 0.15) is 11.8 Å². The van der Waals surface area contributed by atoms with Crippen LogP contribution in [0.3, 0.4) is 0 Å². The normalized spacial score (nSPS) is 12.7. The topological polar surface area (TPSA) is 93.8 Å². The first-order chi connectivity index (χ1) is 6.99. The standard InChI is InChI=1S/C8H7N3O2S2/c1-6(4-9)11-15(12,13)8-3-2-7(5-10)14-8/h2-3,6,11H,1H3. The summed E-state index contributed by atoms with van der Waals surface area (Å²) in [6, 6.07) is 5.59. The van der Waals surface area contributed by atoms with Crippen molar-refractivity contribution >= 4 is 21.4 Å². The highest BCUT2D eigenvalue weighted by Gasteiger charge is 2.19. The molecule has 1 aromatic rings. The van der Waals surface area contributed by atoms with Crippen LogP contribution in [0.5, 0.6) is 0 Å². The van der Waals surface area contributed by atoms with E-state index in [0.29, 0.717) is 4.88 Å². The molecule has 1 aromatic heterocycles. The molecule has 1 atom stereocenters. The van der Waals surface area contributed by atoms with Gasteiger partial charge in [0.2, 0.25) is 0 Å². The van der Waals surface area contributed by atoms with E-state index in [4.69, 9.17) is 10.5 Å². The highest BCUT2D eigenvalue weighted by Crippen LogP contribution is 2.20. The molecule has 5 nitrogen and oxygen atoms in total. The first-order valence-electron chi connectivity index (χ1n) is 3.91. The second kappa shape index (κ2) is 4.41.